The van der Waals surface area contributed by atoms with Gasteiger partial charge < -0.3 is 11.5 Å². The predicted octanol–water partition coefficient (Wildman–Crippen LogP) is 3.21. The molecule has 0 heterocycles. The van der Waals surface area contributed by atoms with E-state index in [4.69, 9.17) is 34.7 Å². The molecule has 0 saturated heterocycles. The maximum absolute atomic E-state index is 12.8. The average Bonchev–Trinajstić information content (AvgIpc) is 2.60. The summed E-state index contributed by atoms with van der Waals surface area (Å²) in [6, 6.07) is 6.81. The van der Waals surface area contributed by atoms with Crippen LogP contribution in [0.3, 0.4) is 0 Å². The zero-order valence-electron chi connectivity index (χ0n) is 14.3. The van der Waals surface area contributed by atoms with Gasteiger partial charge in [-0.15, -0.1) is 0 Å². The number of halogens is 2. The molecule has 0 saturated carbocycles. The molecular formula is C19H16Cl2N2O4. The Morgan fingerprint density at radius 3 is 2.00 bits per heavy atom. The van der Waals surface area contributed by atoms with Crippen molar-refractivity contribution in [3.8, 4) is 0 Å². The number of carbonyl (C=O) groups excluding carboxylic acids is 4. The fourth-order valence-electron chi connectivity index (χ4n) is 2.78. The molecule has 2 amide bonds. The third-order valence-corrected chi connectivity index (χ3v) is 4.61. The largest absolute Gasteiger partial charge is 0.366 e. The fraction of sp³-hybridized carbons (Fsp3) is 0.158. The predicted molar refractivity (Wildman–Crippen MR) is 103 cm³/mol. The van der Waals surface area contributed by atoms with Gasteiger partial charge in [0.2, 0.25) is 11.8 Å². The van der Waals surface area contributed by atoms with Gasteiger partial charge in [-0.25, -0.2) is 0 Å². The number of benzene rings is 2. The molecule has 0 atom stereocenters. The molecule has 0 aliphatic heterocycles. The molecule has 2 aromatic carbocycles. The topological polar surface area (TPSA) is 120 Å². The molecule has 2 aromatic rings. The van der Waals surface area contributed by atoms with E-state index in [-0.39, 0.29) is 27.3 Å². The van der Waals surface area contributed by atoms with Crippen molar-refractivity contribution in [3.05, 3.63) is 68.2 Å². The van der Waals surface area contributed by atoms with Crippen LogP contribution < -0.4 is 11.5 Å². The quantitative estimate of drug-likeness (QED) is 0.541. The Morgan fingerprint density at radius 2 is 1.44 bits per heavy atom. The summed E-state index contributed by atoms with van der Waals surface area (Å²) in [5.74, 6) is -2.92. The van der Waals surface area contributed by atoms with Crippen molar-refractivity contribution in [2.24, 2.45) is 11.5 Å². The lowest BCUT2D eigenvalue weighted by molar-refractivity contribution is 0.0879. The maximum Gasteiger partial charge on any atom is 0.249 e. The fourth-order valence-corrected chi connectivity index (χ4v) is 3.25. The summed E-state index contributed by atoms with van der Waals surface area (Å²) in [6.45, 7) is 1.76. The highest BCUT2D eigenvalue weighted by Crippen LogP contribution is 2.27. The van der Waals surface area contributed by atoms with E-state index in [0.717, 1.165) is 0 Å². The van der Waals surface area contributed by atoms with Gasteiger partial charge in [0.15, 0.2) is 11.6 Å². The van der Waals surface area contributed by atoms with Gasteiger partial charge in [-0.2, -0.15) is 0 Å². The summed E-state index contributed by atoms with van der Waals surface area (Å²) >= 11 is 12.0. The molecule has 0 spiro atoms. The van der Waals surface area contributed by atoms with Gasteiger partial charge in [0.05, 0.1) is 12.0 Å². The molecule has 27 heavy (non-hydrogen) atoms. The Morgan fingerprint density at radius 1 is 0.852 bits per heavy atom. The Bertz CT molecular complexity index is 970. The molecule has 140 valence electrons. The molecule has 0 aromatic heterocycles. The van der Waals surface area contributed by atoms with Crippen molar-refractivity contribution < 1.29 is 19.2 Å². The van der Waals surface area contributed by atoms with Crippen LogP contribution in [-0.2, 0) is 6.42 Å². The van der Waals surface area contributed by atoms with Crippen LogP contribution in [-0.4, -0.2) is 23.4 Å². The zero-order chi connectivity index (χ0) is 20.3. The van der Waals surface area contributed by atoms with E-state index < -0.39 is 29.8 Å². The molecular weight excluding hydrogens is 391 g/mol. The lowest BCUT2D eigenvalue weighted by Crippen LogP contribution is -2.21. The smallest absolute Gasteiger partial charge is 0.249 e. The van der Waals surface area contributed by atoms with Crippen molar-refractivity contribution in [2.45, 2.75) is 19.8 Å². The van der Waals surface area contributed by atoms with Crippen molar-refractivity contribution in [2.75, 3.05) is 0 Å². The third kappa shape index (κ3) is 4.35. The van der Waals surface area contributed by atoms with Gasteiger partial charge in [-0.05, 0) is 42.3 Å². The number of ketones is 2. The van der Waals surface area contributed by atoms with Crippen molar-refractivity contribution in [3.63, 3.8) is 0 Å². The first-order valence-electron chi connectivity index (χ1n) is 7.94. The monoisotopic (exact) mass is 406 g/mol. The number of hydrogen-bond donors (Lipinski definition) is 2. The first-order chi connectivity index (χ1) is 12.7. The van der Waals surface area contributed by atoms with E-state index in [1.807, 2.05) is 0 Å². The number of carbonyl (C=O) groups is 4. The lowest BCUT2D eigenvalue weighted by Gasteiger charge is -2.13. The number of rotatable bonds is 7. The van der Waals surface area contributed by atoms with Crippen LogP contribution in [0.1, 0.15) is 60.3 Å². The van der Waals surface area contributed by atoms with Crippen molar-refractivity contribution in [1.29, 1.82) is 0 Å². The van der Waals surface area contributed by atoms with E-state index in [9.17, 15) is 19.2 Å². The molecule has 0 aliphatic rings. The van der Waals surface area contributed by atoms with Crippen LogP contribution in [0.2, 0.25) is 10.0 Å². The van der Waals surface area contributed by atoms with Gasteiger partial charge in [0.1, 0.15) is 0 Å². The van der Waals surface area contributed by atoms with Crippen LogP contribution in [0.4, 0.5) is 0 Å². The summed E-state index contributed by atoms with van der Waals surface area (Å²) in [4.78, 5) is 48.7. The van der Waals surface area contributed by atoms with Gasteiger partial charge in [-0.1, -0.05) is 30.1 Å². The van der Waals surface area contributed by atoms with E-state index in [2.05, 4.69) is 0 Å². The number of nitrogens with two attached hydrogens (primary N) is 2. The standard InChI is InChI=1S/C19H16Cl2N2O4/c1-2-10-14(21)6-5-12(19(23)27)17(10)16(25)8-15(24)13-7-9(20)3-4-11(13)18(22)26/h3-7H,2,8H2,1H3,(H2,22,26)(H2,23,27). The summed E-state index contributed by atoms with van der Waals surface area (Å²) in [5.41, 5.74) is 10.9. The summed E-state index contributed by atoms with van der Waals surface area (Å²) in [5, 5.41) is 0.504. The van der Waals surface area contributed by atoms with Gasteiger partial charge in [0, 0.05) is 26.7 Å². The molecule has 0 bridgehead atoms. The van der Waals surface area contributed by atoms with Gasteiger partial charge in [-0.3, -0.25) is 19.2 Å². The third-order valence-electron chi connectivity index (χ3n) is 4.02. The van der Waals surface area contributed by atoms with E-state index in [1.54, 1.807) is 6.92 Å². The molecule has 0 radical (unpaired) electrons. The van der Waals surface area contributed by atoms with E-state index in [0.29, 0.717) is 17.0 Å². The number of primary amides is 2. The summed E-state index contributed by atoms with van der Waals surface area (Å²) in [6.07, 6.45) is -0.243. The zero-order valence-corrected chi connectivity index (χ0v) is 15.9. The Balaban J connectivity index is 2.49. The van der Waals surface area contributed by atoms with Gasteiger partial charge >= 0.3 is 0 Å². The Labute approximate surface area is 165 Å². The molecule has 6 nitrogen and oxygen atoms in total. The first-order valence-corrected chi connectivity index (χ1v) is 8.69. The normalized spacial score (nSPS) is 10.5. The van der Waals surface area contributed by atoms with Crippen molar-refractivity contribution in [1.82, 2.24) is 0 Å². The second-order valence-electron chi connectivity index (χ2n) is 5.74. The summed E-state index contributed by atoms with van der Waals surface area (Å²) in [7, 11) is 0. The number of Topliss-reactive ketones (excluding diaryl/α,β-unsaturated/α-hetero) is 2. The Kier molecular flexibility index (Phi) is 6.36. The summed E-state index contributed by atoms with van der Waals surface area (Å²) < 4.78 is 0. The second kappa shape index (κ2) is 8.33. The van der Waals surface area contributed by atoms with E-state index >= 15 is 0 Å². The van der Waals surface area contributed by atoms with Crippen LogP contribution in [0, 0.1) is 0 Å². The molecule has 0 aliphatic carbocycles. The highest BCUT2D eigenvalue weighted by Gasteiger charge is 2.25. The SMILES string of the molecule is CCc1c(Cl)ccc(C(N)=O)c1C(=O)CC(=O)c1cc(Cl)ccc1C(N)=O. The first kappa shape index (κ1) is 20.6. The number of hydrogen-bond acceptors (Lipinski definition) is 4. The molecule has 0 unspecified atom stereocenters. The van der Waals surface area contributed by atoms with E-state index in [1.165, 1.54) is 30.3 Å². The maximum atomic E-state index is 12.8. The molecule has 2 rings (SSSR count). The lowest BCUT2D eigenvalue weighted by atomic mass is 9.91. The molecule has 0 fully saturated rings. The van der Waals surface area contributed by atoms with Crippen LogP contribution in [0.5, 0.6) is 0 Å². The van der Waals surface area contributed by atoms with Crippen LogP contribution >= 0.6 is 23.2 Å². The molecule has 8 heteroatoms. The highest BCUT2D eigenvalue weighted by atomic mass is 35.5. The minimum Gasteiger partial charge on any atom is -0.366 e. The minimum atomic E-state index is -0.822. The average molecular weight is 407 g/mol. The highest BCUT2D eigenvalue weighted by molar-refractivity contribution is 6.33. The molecule has 4 N–H and O–H groups in total. The van der Waals surface area contributed by atoms with Crippen molar-refractivity contribution >= 4 is 46.6 Å². The van der Waals surface area contributed by atoms with Crippen LogP contribution in [0.25, 0.3) is 0 Å². The number of amides is 2. The Hall–Kier alpha value is -2.70. The van der Waals surface area contributed by atoms with Crippen LogP contribution in [0.15, 0.2) is 30.3 Å². The second-order valence-corrected chi connectivity index (χ2v) is 6.59. The minimum absolute atomic E-state index is 0.00787. The van der Waals surface area contributed by atoms with Gasteiger partial charge in [0.25, 0.3) is 0 Å².